The van der Waals surface area contributed by atoms with E-state index >= 15 is 0 Å². The Morgan fingerprint density at radius 3 is 2.43 bits per heavy atom. The topological polar surface area (TPSA) is 21.3 Å². The van der Waals surface area contributed by atoms with Gasteiger partial charge in [-0.3, -0.25) is 0 Å². The maximum atomic E-state index is 6.54. The number of rotatable bonds is 3. The molecule has 2 aliphatic rings. The summed E-state index contributed by atoms with van der Waals surface area (Å²) in [4.78, 5) is 0. The van der Waals surface area contributed by atoms with Crippen LogP contribution in [-0.2, 0) is 5.41 Å². The van der Waals surface area contributed by atoms with Crippen LogP contribution in [0.25, 0.3) is 0 Å². The highest BCUT2D eigenvalue weighted by atomic mass is 16.5. The summed E-state index contributed by atoms with van der Waals surface area (Å²) in [6, 6.07) is 9.23. The van der Waals surface area contributed by atoms with Gasteiger partial charge in [0, 0.05) is 17.9 Å². The van der Waals surface area contributed by atoms with Gasteiger partial charge in [-0.15, -0.1) is 0 Å². The Morgan fingerprint density at radius 2 is 1.81 bits per heavy atom. The Hall–Kier alpha value is -1.02. The van der Waals surface area contributed by atoms with Gasteiger partial charge in [0.1, 0.15) is 11.9 Å². The highest BCUT2D eigenvalue weighted by Crippen LogP contribution is 2.55. The van der Waals surface area contributed by atoms with E-state index in [1.54, 1.807) is 0 Å². The van der Waals surface area contributed by atoms with Crippen LogP contribution in [0.3, 0.4) is 0 Å². The van der Waals surface area contributed by atoms with E-state index in [9.17, 15) is 0 Å². The molecule has 116 valence electrons. The van der Waals surface area contributed by atoms with Crippen LogP contribution in [0.4, 0.5) is 0 Å². The molecule has 1 N–H and O–H groups in total. The van der Waals surface area contributed by atoms with Crippen LogP contribution in [0.15, 0.2) is 24.3 Å². The third kappa shape index (κ3) is 2.48. The first kappa shape index (κ1) is 14.9. The molecule has 0 heterocycles. The predicted molar refractivity (Wildman–Crippen MR) is 87.9 cm³/mol. The zero-order chi connectivity index (χ0) is 15.1. The van der Waals surface area contributed by atoms with Crippen molar-refractivity contribution in [1.82, 2.24) is 5.32 Å². The van der Waals surface area contributed by atoms with Crippen molar-refractivity contribution in [2.24, 2.45) is 5.41 Å². The predicted octanol–water partition coefficient (Wildman–Crippen LogP) is 4.28. The normalized spacial score (nSPS) is 27.6. The van der Waals surface area contributed by atoms with Crippen molar-refractivity contribution in [2.45, 2.75) is 70.4 Å². The van der Waals surface area contributed by atoms with Gasteiger partial charge >= 0.3 is 0 Å². The van der Waals surface area contributed by atoms with E-state index in [1.165, 1.54) is 31.2 Å². The van der Waals surface area contributed by atoms with Gasteiger partial charge in [-0.05, 0) is 36.9 Å². The van der Waals surface area contributed by atoms with Crippen LogP contribution in [0, 0.1) is 5.41 Å². The van der Waals surface area contributed by atoms with Gasteiger partial charge < -0.3 is 10.1 Å². The number of nitrogens with one attached hydrogen (secondary N) is 1. The lowest BCUT2D eigenvalue weighted by atomic mass is 9.60. The van der Waals surface area contributed by atoms with Gasteiger partial charge in [0.05, 0.1) is 0 Å². The largest absolute Gasteiger partial charge is 0.489 e. The molecule has 1 spiro atoms. The Labute approximate surface area is 129 Å². The van der Waals surface area contributed by atoms with Crippen LogP contribution in [-0.4, -0.2) is 19.2 Å². The number of ether oxygens (including phenoxy) is 1. The molecule has 21 heavy (non-hydrogen) atoms. The minimum absolute atomic E-state index is 0.131. The number of benzene rings is 1. The fourth-order valence-corrected chi connectivity index (χ4v) is 4.36. The third-order valence-corrected chi connectivity index (χ3v) is 5.63. The molecule has 2 fully saturated rings. The number of hydrogen-bond donors (Lipinski definition) is 1. The number of hydrogen-bond acceptors (Lipinski definition) is 2. The summed E-state index contributed by atoms with van der Waals surface area (Å²) in [6.45, 7) is 6.78. The first-order valence-electron chi connectivity index (χ1n) is 8.41. The molecule has 3 rings (SSSR count). The van der Waals surface area contributed by atoms with Crippen molar-refractivity contribution in [2.75, 3.05) is 7.05 Å². The van der Waals surface area contributed by atoms with Crippen molar-refractivity contribution in [3.05, 3.63) is 29.8 Å². The second-order valence-electron chi connectivity index (χ2n) is 7.87. The first-order valence-corrected chi connectivity index (χ1v) is 8.41. The molecule has 0 amide bonds. The fourth-order valence-electron chi connectivity index (χ4n) is 4.36. The van der Waals surface area contributed by atoms with E-state index in [-0.39, 0.29) is 5.41 Å². The van der Waals surface area contributed by atoms with Gasteiger partial charge in [-0.25, -0.2) is 0 Å². The average Bonchev–Trinajstić information content (AvgIpc) is 2.94. The second-order valence-corrected chi connectivity index (χ2v) is 7.87. The Bertz CT molecular complexity index is 497. The fraction of sp³-hybridized carbons (Fsp3) is 0.684. The van der Waals surface area contributed by atoms with Gasteiger partial charge in [-0.1, -0.05) is 51.8 Å². The molecule has 1 aromatic rings. The van der Waals surface area contributed by atoms with Gasteiger partial charge in [0.2, 0.25) is 0 Å². The average molecular weight is 287 g/mol. The SMILES string of the molecule is CNC1CC(Oc2ccccc2C(C)(C)C)C12CCCC2. The standard InChI is InChI=1S/C19H29NO/c1-18(2,3)14-9-5-6-10-15(14)21-17-13-16(20-4)19(17)11-7-8-12-19/h5-6,9-10,16-17,20H,7-8,11-13H2,1-4H3. The van der Waals surface area contributed by atoms with Crippen molar-refractivity contribution in [3.63, 3.8) is 0 Å². The zero-order valence-corrected chi connectivity index (χ0v) is 13.9. The Balaban J connectivity index is 1.82. The monoisotopic (exact) mass is 287 g/mol. The molecule has 0 saturated heterocycles. The molecule has 0 radical (unpaired) electrons. The molecule has 2 heteroatoms. The maximum absolute atomic E-state index is 6.54. The molecule has 0 aromatic heterocycles. The molecular weight excluding hydrogens is 258 g/mol. The van der Waals surface area contributed by atoms with E-state index < -0.39 is 0 Å². The molecule has 1 aromatic carbocycles. The van der Waals surface area contributed by atoms with Crippen molar-refractivity contribution < 1.29 is 4.74 Å². The molecule has 2 aliphatic carbocycles. The smallest absolute Gasteiger partial charge is 0.123 e. The summed E-state index contributed by atoms with van der Waals surface area (Å²) >= 11 is 0. The quantitative estimate of drug-likeness (QED) is 0.895. The van der Waals surface area contributed by atoms with Crippen molar-refractivity contribution in [3.8, 4) is 5.75 Å². The van der Waals surface area contributed by atoms with E-state index in [0.717, 1.165) is 12.2 Å². The first-order chi connectivity index (χ1) is 9.97. The molecule has 2 saturated carbocycles. The van der Waals surface area contributed by atoms with Crippen molar-refractivity contribution >= 4 is 0 Å². The van der Waals surface area contributed by atoms with Crippen LogP contribution in [0.5, 0.6) is 5.75 Å². The summed E-state index contributed by atoms with van der Waals surface area (Å²) < 4.78 is 6.54. The Morgan fingerprint density at radius 1 is 1.14 bits per heavy atom. The van der Waals surface area contributed by atoms with Gasteiger partial charge in [0.25, 0.3) is 0 Å². The summed E-state index contributed by atoms with van der Waals surface area (Å²) in [6.07, 6.45) is 6.90. The Kier molecular flexibility index (Phi) is 3.77. The summed E-state index contributed by atoms with van der Waals surface area (Å²) in [7, 11) is 2.10. The van der Waals surface area contributed by atoms with E-state index in [4.69, 9.17) is 4.74 Å². The molecule has 0 bridgehead atoms. The van der Waals surface area contributed by atoms with Crippen molar-refractivity contribution in [1.29, 1.82) is 0 Å². The van der Waals surface area contributed by atoms with Crippen LogP contribution >= 0.6 is 0 Å². The number of para-hydroxylation sites is 1. The molecule has 0 aliphatic heterocycles. The van der Waals surface area contributed by atoms with Crippen LogP contribution in [0.1, 0.15) is 58.4 Å². The summed E-state index contributed by atoms with van der Waals surface area (Å²) in [5.74, 6) is 1.09. The van der Waals surface area contributed by atoms with Gasteiger partial charge in [-0.2, -0.15) is 0 Å². The highest BCUT2D eigenvalue weighted by Gasteiger charge is 2.57. The summed E-state index contributed by atoms with van der Waals surface area (Å²) in [5.41, 5.74) is 1.84. The zero-order valence-electron chi connectivity index (χ0n) is 13.9. The van der Waals surface area contributed by atoms with E-state index in [1.807, 2.05) is 0 Å². The molecular formula is C19H29NO. The molecule has 2 nitrogen and oxygen atoms in total. The highest BCUT2D eigenvalue weighted by molar-refractivity contribution is 5.39. The lowest BCUT2D eigenvalue weighted by Crippen LogP contribution is -2.63. The lowest BCUT2D eigenvalue weighted by molar-refractivity contribution is -0.0743. The van der Waals surface area contributed by atoms with Crippen LogP contribution < -0.4 is 10.1 Å². The van der Waals surface area contributed by atoms with E-state index in [2.05, 4.69) is 57.4 Å². The maximum Gasteiger partial charge on any atom is 0.123 e. The summed E-state index contributed by atoms with van der Waals surface area (Å²) in [5, 5.41) is 3.51. The van der Waals surface area contributed by atoms with E-state index in [0.29, 0.717) is 17.6 Å². The second kappa shape index (κ2) is 5.31. The third-order valence-electron chi connectivity index (χ3n) is 5.63. The lowest BCUT2D eigenvalue weighted by Gasteiger charge is -2.54. The van der Waals surface area contributed by atoms with Crippen LogP contribution in [0.2, 0.25) is 0 Å². The van der Waals surface area contributed by atoms with Gasteiger partial charge in [0.15, 0.2) is 0 Å². The molecule has 2 atom stereocenters. The minimum Gasteiger partial charge on any atom is -0.489 e. The minimum atomic E-state index is 0.131. The molecule has 2 unspecified atom stereocenters.